The van der Waals surface area contributed by atoms with Crippen molar-refractivity contribution >= 4 is 76.9 Å². The smallest absolute Gasteiger partial charge is 0.303 e. The number of amides is 11. The van der Waals surface area contributed by atoms with Crippen LogP contribution in [0.2, 0.25) is 0 Å². The van der Waals surface area contributed by atoms with Gasteiger partial charge in [-0.1, -0.05) is 0 Å². The fraction of sp³-hybridized carbons (Fsp3) is 0.675. The first kappa shape index (κ1) is 58.1. The number of rotatable bonds is 29. The van der Waals surface area contributed by atoms with Crippen molar-refractivity contribution in [3.63, 3.8) is 0 Å². The minimum atomic E-state index is -1.81. The Bertz CT molecular complexity index is 1930. The lowest BCUT2D eigenvalue weighted by Gasteiger charge is -2.29. The molecule has 2 aliphatic rings. The van der Waals surface area contributed by atoms with Gasteiger partial charge in [-0.05, 0) is 72.3 Å². The van der Waals surface area contributed by atoms with Gasteiger partial charge in [0.25, 0.3) is 0 Å². The Hall–Kier alpha value is -7.01. The topological polar surface area (TPSA) is 466 Å². The van der Waals surface area contributed by atoms with Crippen LogP contribution in [0.3, 0.4) is 0 Å². The van der Waals surface area contributed by atoms with Crippen LogP contribution in [0.5, 0.6) is 0 Å². The summed E-state index contributed by atoms with van der Waals surface area (Å²) >= 11 is 0. The van der Waals surface area contributed by atoms with Gasteiger partial charge >= 0.3 is 11.9 Å². The monoisotopic (exact) mass is 984 g/mol. The van der Waals surface area contributed by atoms with E-state index in [4.69, 9.17) is 11.5 Å². The standard InChI is InChI=1S/C40H64N12O17/c1-18(31(42)60)44-39(68)27-7-5-15-52(27)40(69)26(17-54)51-33(62)20(3)45-35(64)23(9-12-29(56)57)48-37(66)24(10-13-30(58)59)49-36(65)22(8-11-28(41)55)47-32(61)19(2)46-38(67)25(16-53)50-34(63)21-6-4-14-43-21/h18-27,43,53-54H,4-17H2,1-3H3,(H2,41,55)(H2,42,60)(H,44,68)(H,45,64)(H,46,67)(H,47,61)(H,48,66)(H,49,65)(H,50,63)(H,51,62)(H,56,57)(H,58,59)/t18-,19-,20-,21-,22-,23-,24-,25-,26-,27-/m0/s1. The fourth-order valence-electron chi connectivity index (χ4n) is 6.97. The van der Waals surface area contributed by atoms with Crippen LogP contribution in [0.4, 0.5) is 0 Å². The van der Waals surface area contributed by atoms with Gasteiger partial charge in [-0.15, -0.1) is 0 Å². The van der Waals surface area contributed by atoms with Crippen LogP contribution in [-0.4, -0.2) is 189 Å². The predicted molar refractivity (Wildman–Crippen MR) is 234 cm³/mol. The molecule has 29 nitrogen and oxygen atoms in total. The van der Waals surface area contributed by atoms with Gasteiger partial charge in [0, 0.05) is 25.8 Å². The quantitative estimate of drug-likeness (QED) is 0.0331. The van der Waals surface area contributed by atoms with E-state index in [1.165, 1.54) is 13.8 Å². The van der Waals surface area contributed by atoms with Crippen LogP contribution in [-0.2, 0) is 62.3 Å². The number of aliphatic hydroxyl groups excluding tert-OH is 2. The summed E-state index contributed by atoms with van der Waals surface area (Å²) in [7, 11) is 0. The molecule has 0 aromatic rings. The highest BCUT2D eigenvalue weighted by atomic mass is 16.4. The van der Waals surface area contributed by atoms with E-state index in [9.17, 15) is 82.8 Å². The van der Waals surface area contributed by atoms with Gasteiger partial charge < -0.3 is 84.6 Å². The largest absolute Gasteiger partial charge is 0.481 e. The molecule has 0 spiro atoms. The van der Waals surface area contributed by atoms with Crippen molar-refractivity contribution in [1.29, 1.82) is 0 Å². The summed E-state index contributed by atoms with van der Waals surface area (Å²) in [4.78, 5) is 166. The van der Waals surface area contributed by atoms with E-state index < -0.39 is 189 Å². The van der Waals surface area contributed by atoms with E-state index in [0.29, 0.717) is 25.8 Å². The van der Waals surface area contributed by atoms with E-state index in [1.807, 2.05) is 0 Å². The molecule has 2 fully saturated rings. The summed E-state index contributed by atoms with van der Waals surface area (Å²) in [5, 5.41) is 59.8. The number of nitrogens with two attached hydrogens (primary N) is 2. The zero-order chi connectivity index (χ0) is 52.1. The number of aliphatic hydroxyl groups is 2. The highest BCUT2D eigenvalue weighted by Gasteiger charge is 2.39. The second-order valence-electron chi connectivity index (χ2n) is 16.5. The number of nitrogens with one attached hydrogen (secondary N) is 9. The van der Waals surface area contributed by atoms with E-state index >= 15 is 0 Å². The lowest BCUT2D eigenvalue weighted by Crippen LogP contribution is -2.60. The second-order valence-corrected chi connectivity index (χ2v) is 16.5. The Kier molecular flexibility index (Phi) is 23.9. The maximum absolute atomic E-state index is 13.7. The first-order valence-corrected chi connectivity index (χ1v) is 22.1. The molecular weight excluding hydrogens is 921 g/mol. The molecule has 0 bridgehead atoms. The molecule has 0 unspecified atom stereocenters. The molecule has 29 heteroatoms. The maximum atomic E-state index is 13.7. The van der Waals surface area contributed by atoms with Crippen molar-refractivity contribution in [2.24, 2.45) is 11.5 Å². The third-order valence-corrected chi connectivity index (χ3v) is 11.0. The number of carboxylic acids is 2. The molecule has 2 aliphatic heterocycles. The van der Waals surface area contributed by atoms with Crippen molar-refractivity contribution in [3.8, 4) is 0 Å². The lowest BCUT2D eigenvalue weighted by molar-refractivity contribution is -0.143. The first-order chi connectivity index (χ1) is 32.4. The summed E-state index contributed by atoms with van der Waals surface area (Å²) < 4.78 is 0. The molecular formula is C40H64N12O17. The highest BCUT2D eigenvalue weighted by molar-refractivity contribution is 5.99. The van der Waals surface area contributed by atoms with Gasteiger partial charge in [0.2, 0.25) is 65.0 Å². The summed E-state index contributed by atoms with van der Waals surface area (Å²) in [6.45, 7) is 2.49. The van der Waals surface area contributed by atoms with Gasteiger partial charge in [0.15, 0.2) is 0 Å². The average Bonchev–Trinajstić information content (AvgIpc) is 4.02. The van der Waals surface area contributed by atoms with Crippen molar-refractivity contribution < 1.29 is 82.8 Å². The van der Waals surface area contributed by atoms with Crippen LogP contribution < -0.4 is 59.3 Å². The highest BCUT2D eigenvalue weighted by Crippen LogP contribution is 2.19. The van der Waals surface area contributed by atoms with Gasteiger partial charge in [-0.2, -0.15) is 0 Å². The van der Waals surface area contributed by atoms with Crippen molar-refractivity contribution in [2.45, 2.75) is 145 Å². The van der Waals surface area contributed by atoms with Crippen molar-refractivity contribution in [3.05, 3.63) is 0 Å². The number of likely N-dealkylation sites (tertiary alicyclic amines) is 1. The summed E-state index contributed by atoms with van der Waals surface area (Å²) in [6.07, 6.45) is -2.01. The van der Waals surface area contributed by atoms with Crippen LogP contribution in [0.25, 0.3) is 0 Å². The maximum Gasteiger partial charge on any atom is 0.303 e. The molecule has 0 aliphatic carbocycles. The Morgan fingerprint density at radius 1 is 0.536 bits per heavy atom. The number of aliphatic carboxylic acids is 2. The molecule has 11 amide bonds. The molecule has 0 saturated carbocycles. The molecule has 2 saturated heterocycles. The molecule has 2 heterocycles. The van der Waals surface area contributed by atoms with Crippen LogP contribution >= 0.6 is 0 Å². The molecule has 0 aromatic heterocycles. The van der Waals surface area contributed by atoms with E-state index in [2.05, 4.69) is 47.9 Å². The number of nitrogens with zero attached hydrogens (tertiary/aromatic N) is 1. The number of hydrogen-bond donors (Lipinski definition) is 15. The number of hydrogen-bond acceptors (Lipinski definition) is 16. The Morgan fingerprint density at radius 2 is 0.986 bits per heavy atom. The van der Waals surface area contributed by atoms with Crippen molar-refractivity contribution in [2.75, 3.05) is 26.3 Å². The summed E-state index contributed by atoms with van der Waals surface area (Å²) in [6, 6.07) is -14.1. The first-order valence-electron chi connectivity index (χ1n) is 22.1. The molecule has 0 radical (unpaired) electrons. The molecule has 386 valence electrons. The number of primary amides is 2. The molecule has 0 aromatic carbocycles. The molecule has 69 heavy (non-hydrogen) atoms. The lowest BCUT2D eigenvalue weighted by atomic mass is 10.0. The predicted octanol–water partition coefficient (Wildman–Crippen LogP) is -7.87. The molecule has 10 atom stereocenters. The van der Waals surface area contributed by atoms with Crippen LogP contribution in [0.15, 0.2) is 0 Å². The van der Waals surface area contributed by atoms with Gasteiger partial charge in [-0.3, -0.25) is 62.3 Å². The molecule has 2 rings (SSSR count). The summed E-state index contributed by atoms with van der Waals surface area (Å²) in [5.41, 5.74) is 10.5. The van der Waals surface area contributed by atoms with Gasteiger partial charge in [0.1, 0.15) is 54.4 Å². The Balaban J connectivity index is 2.21. The van der Waals surface area contributed by atoms with E-state index in [-0.39, 0.29) is 13.0 Å². The third-order valence-electron chi connectivity index (χ3n) is 11.0. The van der Waals surface area contributed by atoms with Gasteiger partial charge in [-0.25, -0.2) is 0 Å². The molecule has 17 N–H and O–H groups in total. The van der Waals surface area contributed by atoms with E-state index in [0.717, 1.165) is 11.8 Å². The van der Waals surface area contributed by atoms with Crippen LogP contribution in [0, 0.1) is 0 Å². The zero-order valence-electron chi connectivity index (χ0n) is 38.4. The minimum Gasteiger partial charge on any atom is -0.481 e. The number of carboxylic acid groups (broad SMARTS) is 2. The van der Waals surface area contributed by atoms with Crippen molar-refractivity contribution in [1.82, 2.24) is 52.8 Å². The van der Waals surface area contributed by atoms with Gasteiger partial charge in [0.05, 0.1) is 19.3 Å². The number of carbonyl (C=O) groups excluding carboxylic acids is 11. The van der Waals surface area contributed by atoms with E-state index in [1.54, 1.807) is 0 Å². The second kappa shape index (κ2) is 28.3. The summed E-state index contributed by atoms with van der Waals surface area (Å²) in [5.74, 6) is -13.4. The Morgan fingerprint density at radius 3 is 1.42 bits per heavy atom. The Labute approximate surface area is 395 Å². The van der Waals surface area contributed by atoms with Crippen LogP contribution in [0.1, 0.15) is 85.0 Å². The zero-order valence-corrected chi connectivity index (χ0v) is 38.4. The minimum absolute atomic E-state index is 0.0507. The average molecular weight is 985 g/mol. The normalized spacial score (nSPS) is 18.8. The number of carbonyl (C=O) groups is 13. The third kappa shape index (κ3) is 19.3. The fourth-order valence-corrected chi connectivity index (χ4v) is 6.97. The SMILES string of the molecule is C[C@H](NC(=O)[C@@H]1CCCN1C(=O)[C@H](CO)NC(=O)[C@H](C)NC(=O)[C@H](CCC(=O)O)NC(=O)[C@H](CCC(=O)O)NC(=O)[C@H](CCC(N)=O)NC(=O)[C@H](C)NC(=O)[C@H](CO)NC(=O)[C@@H]1CCCN1)C(N)=O.